The second-order valence-corrected chi connectivity index (χ2v) is 9.68. The third-order valence-electron chi connectivity index (χ3n) is 5.76. The zero-order valence-corrected chi connectivity index (χ0v) is 18.4. The van der Waals surface area contributed by atoms with Crippen molar-refractivity contribution in [2.45, 2.75) is 77.2 Å². The second-order valence-electron chi connectivity index (χ2n) is 8.08. The van der Waals surface area contributed by atoms with E-state index >= 15 is 0 Å². The quantitative estimate of drug-likeness (QED) is 0.567. The molecule has 0 unspecified atom stereocenters. The number of carbonyl (C=O) groups is 1. The Bertz CT molecular complexity index is 900. The summed E-state index contributed by atoms with van der Waals surface area (Å²) in [4.78, 5) is 16.3. The highest BCUT2D eigenvalue weighted by molar-refractivity contribution is 7.73. The van der Waals surface area contributed by atoms with Gasteiger partial charge in [0.05, 0.1) is 6.67 Å². The van der Waals surface area contributed by atoms with Gasteiger partial charge in [-0.1, -0.05) is 42.7 Å². The van der Waals surface area contributed by atoms with Gasteiger partial charge < -0.3 is 0 Å². The monoisotopic (exact) mass is 434 g/mol. The fourth-order valence-electron chi connectivity index (χ4n) is 4.10. The van der Waals surface area contributed by atoms with Crippen LogP contribution in [0.1, 0.15) is 57.4 Å². The van der Waals surface area contributed by atoms with Crippen molar-refractivity contribution < 1.29 is 9.18 Å². The zero-order chi connectivity index (χ0) is 20.4. The van der Waals surface area contributed by atoms with Gasteiger partial charge in [-0.05, 0) is 55.6 Å². The van der Waals surface area contributed by atoms with Gasteiger partial charge in [0.2, 0.25) is 11.0 Å². The molecule has 0 radical (unpaired) electrons. The molecule has 2 saturated carbocycles. The van der Waals surface area contributed by atoms with Crippen LogP contribution in [0.2, 0.25) is 0 Å². The molecular formula is C21H27FN4OS2. The molecule has 4 rings (SSSR count). The molecule has 2 aliphatic carbocycles. The van der Waals surface area contributed by atoms with Gasteiger partial charge in [0.1, 0.15) is 5.82 Å². The van der Waals surface area contributed by atoms with Crippen LogP contribution < -0.4 is 4.90 Å². The van der Waals surface area contributed by atoms with Crippen molar-refractivity contribution in [3.05, 3.63) is 39.6 Å². The molecule has 0 bridgehead atoms. The van der Waals surface area contributed by atoms with Crippen LogP contribution in [0.4, 0.5) is 9.52 Å². The number of halogens is 1. The van der Waals surface area contributed by atoms with E-state index < -0.39 is 0 Å². The Morgan fingerprint density at radius 1 is 1.17 bits per heavy atom. The minimum absolute atomic E-state index is 0.0267. The van der Waals surface area contributed by atoms with Crippen LogP contribution in [-0.4, -0.2) is 32.7 Å². The molecule has 1 amide bonds. The maximum atomic E-state index is 13.3. The number of aromatic nitrogens is 2. The van der Waals surface area contributed by atoms with Crippen LogP contribution >= 0.6 is 23.6 Å². The molecule has 2 aliphatic rings. The highest BCUT2D eigenvalue weighted by atomic mass is 32.1. The molecular weight excluding hydrogens is 407 g/mol. The lowest BCUT2D eigenvalue weighted by Crippen LogP contribution is -2.38. The van der Waals surface area contributed by atoms with Crippen LogP contribution in [0.15, 0.2) is 24.3 Å². The Morgan fingerprint density at radius 3 is 2.48 bits per heavy atom. The minimum atomic E-state index is -0.214. The van der Waals surface area contributed by atoms with Gasteiger partial charge in [-0.15, -0.1) is 5.10 Å². The number of hydrogen-bond acceptors (Lipinski definition) is 5. The smallest absolute Gasteiger partial charge is 0.225 e. The van der Waals surface area contributed by atoms with E-state index in [0.29, 0.717) is 21.8 Å². The summed E-state index contributed by atoms with van der Waals surface area (Å²) in [6, 6.07) is 7.47. The SMILES string of the molecule is CC(=O)N(c1nn(CN(Cc2ccc(F)cc2)C2CCCCC2)c(=S)s1)C1CC1. The van der Waals surface area contributed by atoms with Crippen molar-refractivity contribution in [2.75, 3.05) is 4.90 Å². The summed E-state index contributed by atoms with van der Waals surface area (Å²) in [7, 11) is 0. The van der Waals surface area contributed by atoms with Gasteiger partial charge in [0, 0.05) is 25.6 Å². The Kier molecular flexibility index (Phi) is 6.41. The summed E-state index contributed by atoms with van der Waals surface area (Å²) in [6.07, 6.45) is 8.14. The molecule has 5 nitrogen and oxygen atoms in total. The average Bonchev–Trinajstić information content (AvgIpc) is 3.47. The Hall–Kier alpha value is -1.64. The third kappa shape index (κ3) is 5.10. The summed E-state index contributed by atoms with van der Waals surface area (Å²) in [5.74, 6) is -0.187. The van der Waals surface area contributed by atoms with Crippen molar-refractivity contribution in [3.8, 4) is 0 Å². The zero-order valence-electron chi connectivity index (χ0n) is 16.7. The average molecular weight is 435 g/mol. The van der Waals surface area contributed by atoms with Crippen LogP contribution in [0.5, 0.6) is 0 Å². The number of nitrogens with zero attached hydrogens (tertiary/aromatic N) is 4. The van der Waals surface area contributed by atoms with E-state index in [-0.39, 0.29) is 17.8 Å². The molecule has 0 aliphatic heterocycles. The number of carbonyl (C=O) groups excluding carboxylic acids is 1. The van der Waals surface area contributed by atoms with E-state index in [1.807, 2.05) is 16.8 Å². The molecule has 0 atom stereocenters. The molecule has 1 aromatic heterocycles. The predicted molar refractivity (Wildman–Crippen MR) is 116 cm³/mol. The lowest BCUT2D eigenvalue weighted by atomic mass is 9.94. The number of rotatable bonds is 7. The third-order valence-corrected chi connectivity index (χ3v) is 7.07. The largest absolute Gasteiger partial charge is 0.284 e. The van der Waals surface area contributed by atoms with E-state index in [0.717, 1.165) is 37.8 Å². The summed E-state index contributed by atoms with van der Waals surface area (Å²) in [6.45, 7) is 2.92. The van der Waals surface area contributed by atoms with Crippen LogP contribution in [0.25, 0.3) is 0 Å². The molecule has 0 saturated heterocycles. The van der Waals surface area contributed by atoms with Gasteiger partial charge in [-0.3, -0.25) is 14.6 Å². The van der Waals surface area contributed by atoms with Gasteiger partial charge in [0.15, 0.2) is 3.95 Å². The second kappa shape index (κ2) is 9.02. The summed E-state index contributed by atoms with van der Waals surface area (Å²) >= 11 is 7.00. The van der Waals surface area contributed by atoms with Crippen molar-refractivity contribution in [1.82, 2.24) is 14.7 Å². The Labute approximate surface area is 180 Å². The summed E-state index contributed by atoms with van der Waals surface area (Å²) < 4.78 is 15.9. The number of hydrogen-bond donors (Lipinski definition) is 0. The van der Waals surface area contributed by atoms with Crippen molar-refractivity contribution in [3.63, 3.8) is 0 Å². The first-order valence-electron chi connectivity index (χ1n) is 10.4. The molecule has 29 heavy (non-hydrogen) atoms. The molecule has 0 N–H and O–H groups in total. The fourth-order valence-corrected chi connectivity index (χ4v) is 5.30. The molecule has 1 heterocycles. The number of benzene rings is 1. The van der Waals surface area contributed by atoms with Crippen LogP contribution in [-0.2, 0) is 18.0 Å². The van der Waals surface area contributed by atoms with E-state index in [1.165, 1.54) is 42.7 Å². The molecule has 0 spiro atoms. The highest BCUT2D eigenvalue weighted by Crippen LogP contribution is 2.33. The Morgan fingerprint density at radius 2 is 1.86 bits per heavy atom. The van der Waals surface area contributed by atoms with Gasteiger partial charge in [-0.2, -0.15) is 0 Å². The summed E-state index contributed by atoms with van der Waals surface area (Å²) in [5, 5.41) is 5.42. The highest BCUT2D eigenvalue weighted by Gasteiger charge is 2.34. The Balaban J connectivity index is 1.55. The van der Waals surface area contributed by atoms with Crippen LogP contribution in [0, 0.1) is 9.77 Å². The van der Waals surface area contributed by atoms with Crippen molar-refractivity contribution in [1.29, 1.82) is 0 Å². The van der Waals surface area contributed by atoms with Gasteiger partial charge >= 0.3 is 0 Å². The van der Waals surface area contributed by atoms with E-state index in [4.69, 9.17) is 17.3 Å². The minimum Gasteiger partial charge on any atom is -0.284 e. The van der Waals surface area contributed by atoms with E-state index in [2.05, 4.69) is 4.90 Å². The normalized spacial score (nSPS) is 17.6. The first-order chi connectivity index (χ1) is 14.0. The fraction of sp³-hybridized carbons (Fsp3) is 0.571. The standard InChI is InChI=1S/C21H27FN4OS2/c1-15(27)26(19-11-12-19)20-23-25(21(28)29-20)14-24(18-5-3-2-4-6-18)13-16-7-9-17(22)10-8-16/h7-10,18-19H,2-6,11-14H2,1H3. The predicted octanol–water partition coefficient (Wildman–Crippen LogP) is 5.12. The van der Waals surface area contributed by atoms with Crippen molar-refractivity contribution in [2.24, 2.45) is 0 Å². The topological polar surface area (TPSA) is 41.4 Å². The maximum Gasteiger partial charge on any atom is 0.225 e. The molecule has 2 fully saturated rings. The number of anilines is 1. The molecule has 1 aromatic carbocycles. The maximum absolute atomic E-state index is 13.3. The lowest BCUT2D eigenvalue weighted by molar-refractivity contribution is -0.116. The molecule has 8 heteroatoms. The van der Waals surface area contributed by atoms with Crippen molar-refractivity contribution >= 4 is 34.6 Å². The van der Waals surface area contributed by atoms with Gasteiger partial charge in [0.25, 0.3) is 0 Å². The van der Waals surface area contributed by atoms with E-state index in [9.17, 15) is 9.18 Å². The first-order valence-corrected chi connectivity index (χ1v) is 11.6. The van der Waals surface area contributed by atoms with Gasteiger partial charge in [-0.25, -0.2) is 9.07 Å². The summed E-state index contributed by atoms with van der Waals surface area (Å²) in [5.41, 5.74) is 1.09. The first kappa shape index (κ1) is 20.6. The van der Waals surface area contributed by atoms with Crippen LogP contribution in [0.3, 0.4) is 0 Å². The molecule has 2 aromatic rings. The van der Waals surface area contributed by atoms with E-state index in [1.54, 1.807) is 11.8 Å². The lowest BCUT2D eigenvalue weighted by Gasteiger charge is -2.34. The molecule has 156 valence electrons. The number of amides is 1.